The minimum atomic E-state index is -0.784. The smallest absolute Gasteiger partial charge is 0.416 e. The molecular formula is C8H10N2O5. The van der Waals surface area contributed by atoms with Crippen LogP contribution in [0, 0.1) is 0 Å². The van der Waals surface area contributed by atoms with Crippen LogP contribution in [0.25, 0.3) is 0 Å². The van der Waals surface area contributed by atoms with Crippen LogP contribution in [0.15, 0.2) is 0 Å². The van der Waals surface area contributed by atoms with Crippen molar-refractivity contribution < 1.29 is 23.9 Å². The summed E-state index contributed by atoms with van der Waals surface area (Å²) < 4.78 is 9.62. The van der Waals surface area contributed by atoms with Crippen molar-refractivity contribution >= 4 is 17.9 Å². The highest BCUT2D eigenvalue weighted by molar-refractivity contribution is 5.96. The minimum absolute atomic E-state index is 0.0987. The van der Waals surface area contributed by atoms with E-state index in [2.05, 4.69) is 10.1 Å². The van der Waals surface area contributed by atoms with Crippen molar-refractivity contribution in [1.82, 2.24) is 10.2 Å². The first-order chi connectivity index (χ1) is 7.18. The van der Waals surface area contributed by atoms with Gasteiger partial charge in [-0.1, -0.05) is 0 Å². The second-order valence-electron chi connectivity index (χ2n) is 3.21. The number of rotatable bonds is 1. The molecule has 82 valence electrons. The van der Waals surface area contributed by atoms with Crippen molar-refractivity contribution in [1.29, 1.82) is 0 Å². The van der Waals surface area contributed by atoms with Crippen molar-refractivity contribution in [3.05, 3.63) is 0 Å². The largest absolute Gasteiger partial charge is 0.447 e. The normalized spacial score (nSPS) is 26.1. The average Bonchev–Trinajstić information content (AvgIpc) is 2.65. The molecule has 7 nitrogen and oxygen atoms in total. The van der Waals surface area contributed by atoms with E-state index in [1.54, 1.807) is 0 Å². The van der Waals surface area contributed by atoms with Gasteiger partial charge in [-0.15, -0.1) is 0 Å². The number of carbonyl (C=O) groups excluding carboxylic acids is 3. The van der Waals surface area contributed by atoms with Crippen LogP contribution >= 0.6 is 0 Å². The molecule has 1 unspecified atom stereocenters. The van der Waals surface area contributed by atoms with Gasteiger partial charge in [0.25, 0.3) is 5.91 Å². The maximum absolute atomic E-state index is 11.7. The quantitative estimate of drug-likeness (QED) is 0.573. The summed E-state index contributed by atoms with van der Waals surface area (Å²) in [5.41, 5.74) is 0. The van der Waals surface area contributed by atoms with E-state index in [0.29, 0.717) is 0 Å². The molecule has 0 bridgehead atoms. The molecule has 0 radical (unpaired) electrons. The molecule has 0 aliphatic carbocycles. The summed E-state index contributed by atoms with van der Waals surface area (Å²) in [5.74, 6) is -0.722. The third-order valence-corrected chi connectivity index (χ3v) is 2.20. The molecule has 2 fully saturated rings. The Morgan fingerprint density at radius 1 is 1.47 bits per heavy atom. The van der Waals surface area contributed by atoms with Crippen molar-refractivity contribution in [2.24, 2.45) is 0 Å². The number of morpholine rings is 1. The third kappa shape index (κ3) is 1.91. The first-order valence-corrected chi connectivity index (χ1v) is 4.55. The van der Waals surface area contributed by atoms with Gasteiger partial charge in [0.05, 0.1) is 13.1 Å². The first-order valence-electron chi connectivity index (χ1n) is 4.55. The molecule has 1 atom stereocenters. The SMILES string of the molecule is O=C1COC(C(=O)N2CCOC2=O)CN1. The second kappa shape index (κ2) is 3.85. The Balaban J connectivity index is 1.96. The maximum atomic E-state index is 11.7. The fourth-order valence-corrected chi connectivity index (χ4v) is 1.42. The molecule has 2 aliphatic rings. The molecule has 0 saturated carbocycles. The van der Waals surface area contributed by atoms with Gasteiger partial charge in [-0.05, 0) is 0 Å². The van der Waals surface area contributed by atoms with Gasteiger partial charge in [-0.3, -0.25) is 9.59 Å². The number of nitrogens with zero attached hydrogens (tertiary/aromatic N) is 1. The van der Waals surface area contributed by atoms with Gasteiger partial charge in [-0.25, -0.2) is 9.69 Å². The highest BCUT2D eigenvalue weighted by Gasteiger charge is 2.35. The molecule has 1 N–H and O–H groups in total. The van der Waals surface area contributed by atoms with E-state index in [1.165, 1.54) is 0 Å². The van der Waals surface area contributed by atoms with E-state index in [-0.39, 0.29) is 32.2 Å². The zero-order valence-electron chi connectivity index (χ0n) is 7.89. The molecule has 0 aromatic rings. The Morgan fingerprint density at radius 3 is 2.80 bits per heavy atom. The monoisotopic (exact) mass is 214 g/mol. The topological polar surface area (TPSA) is 84.9 Å². The first kappa shape index (κ1) is 9.91. The number of ether oxygens (including phenoxy) is 2. The molecule has 15 heavy (non-hydrogen) atoms. The van der Waals surface area contributed by atoms with Crippen molar-refractivity contribution in [3.8, 4) is 0 Å². The van der Waals surface area contributed by atoms with E-state index >= 15 is 0 Å². The predicted octanol–water partition coefficient (Wildman–Crippen LogP) is -1.52. The number of carbonyl (C=O) groups is 3. The zero-order chi connectivity index (χ0) is 10.8. The summed E-state index contributed by atoms with van der Waals surface area (Å²) in [4.78, 5) is 34.5. The van der Waals surface area contributed by atoms with Crippen LogP contribution in [-0.4, -0.2) is 55.2 Å². The highest BCUT2D eigenvalue weighted by atomic mass is 16.6. The number of imide groups is 1. The van der Waals surface area contributed by atoms with E-state index in [1.807, 2.05) is 0 Å². The molecule has 0 aromatic carbocycles. The van der Waals surface area contributed by atoms with Gasteiger partial charge >= 0.3 is 6.09 Å². The lowest BCUT2D eigenvalue weighted by atomic mass is 10.2. The lowest BCUT2D eigenvalue weighted by Gasteiger charge is -2.24. The number of amides is 3. The molecule has 2 saturated heterocycles. The number of hydrogen-bond acceptors (Lipinski definition) is 5. The standard InChI is InChI=1S/C8H10N2O5/c11-6-4-15-5(3-9-6)7(12)10-1-2-14-8(10)13/h5H,1-4H2,(H,9,11). The Hall–Kier alpha value is -1.63. The zero-order valence-corrected chi connectivity index (χ0v) is 7.89. The van der Waals surface area contributed by atoms with E-state index in [4.69, 9.17) is 4.74 Å². The average molecular weight is 214 g/mol. The summed E-state index contributed by atoms with van der Waals surface area (Å²) in [7, 11) is 0. The summed E-state index contributed by atoms with van der Waals surface area (Å²) in [5, 5.41) is 2.49. The summed E-state index contributed by atoms with van der Waals surface area (Å²) in [6.07, 6.45) is -1.44. The Labute approximate surface area is 85.3 Å². The van der Waals surface area contributed by atoms with Crippen LogP contribution < -0.4 is 5.32 Å². The van der Waals surface area contributed by atoms with Crippen LogP contribution in [0.5, 0.6) is 0 Å². The molecular weight excluding hydrogens is 204 g/mol. The van der Waals surface area contributed by atoms with E-state index in [0.717, 1.165) is 4.90 Å². The fraction of sp³-hybridized carbons (Fsp3) is 0.625. The predicted molar refractivity (Wildman–Crippen MR) is 45.8 cm³/mol. The third-order valence-electron chi connectivity index (χ3n) is 2.20. The van der Waals surface area contributed by atoms with Crippen LogP contribution in [0.2, 0.25) is 0 Å². The lowest BCUT2D eigenvalue weighted by molar-refractivity contribution is -0.147. The Morgan fingerprint density at radius 2 is 2.27 bits per heavy atom. The van der Waals surface area contributed by atoms with Gasteiger partial charge in [-0.2, -0.15) is 0 Å². The maximum Gasteiger partial charge on any atom is 0.416 e. The van der Waals surface area contributed by atoms with Crippen molar-refractivity contribution in [2.75, 3.05) is 26.3 Å². The van der Waals surface area contributed by atoms with Crippen molar-refractivity contribution in [2.45, 2.75) is 6.10 Å². The second-order valence-corrected chi connectivity index (χ2v) is 3.21. The van der Waals surface area contributed by atoms with Gasteiger partial charge in [0.15, 0.2) is 6.10 Å². The fourth-order valence-electron chi connectivity index (χ4n) is 1.42. The summed E-state index contributed by atoms with van der Waals surface area (Å²) in [6, 6.07) is 0. The molecule has 3 amide bonds. The minimum Gasteiger partial charge on any atom is -0.447 e. The van der Waals surface area contributed by atoms with Crippen molar-refractivity contribution in [3.63, 3.8) is 0 Å². The van der Waals surface area contributed by atoms with Crippen LogP contribution in [0.3, 0.4) is 0 Å². The molecule has 0 aromatic heterocycles. The Bertz CT molecular complexity index is 306. The van der Waals surface area contributed by atoms with Crippen LogP contribution in [-0.2, 0) is 19.1 Å². The number of nitrogens with one attached hydrogen (secondary N) is 1. The number of hydrogen-bond donors (Lipinski definition) is 1. The molecule has 7 heteroatoms. The molecule has 0 spiro atoms. The molecule has 2 rings (SSSR count). The summed E-state index contributed by atoms with van der Waals surface area (Å²) in [6.45, 7) is 0.399. The molecule has 2 heterocycles. The van der Waals surface area contributed by atoms with Crippen LogP contribution in [0.1, 0.15) is 0 Å². The Kier molecular flexibility index (Phi) is 2.55. The van der Waals surface area contributed by atoms with E-state index in [9.17, 15) is 14.4 Å². The highest BCUT2D eigenvalue weighted by Crippen LogP contribution is 2.08. The molecule has 2 aliphatic heterocycles. The van der Waals surface area contributed by atoms with Crippen LogP contribution in [0.4, 0.5) is 4.79 Å². The van der Waals surface area contributed by atoms with Gasteiger partial charge < -0.3 is 14.8 Å². The van der Waals surface area contributed by atoms with Gasteiger partial charge in [0.1, 0.15) is 13.2 Å². The number of cyclic esters (lactones) is 1. The van der Waals surface area contributed by atoms with Gasteiger partial charge in [0, 0.05) is 0 Å². The summed E-state index contributed by atoms with van der Waals surface area (Å²) >= 11 is 0. The van der Waals surface area contributed by atoms with Gasteiger partial charge in [0.2, 0.25) is 5.91 Å². The van der Waals surface area contributed by atoms with E-state index < -0.39 is 18.1 Å². The lowest BCUT2D eigenvalue weighted by Crippen LogP contribution is -2.51.